The average molecular weight is 424 g/mol. The molecule has 0 saturated heterocycles. The SMILES string of the molecule is CSc1ccccc1NC(=O)CN(C)C(=O)c1ccccc1Nc1ccc(F)cc1. The summed E-state index contributed by atoms with van der Waals surface area (Å²) >= 11 is 1.54. The van der Waals surface area contributed by atoms with Gasteiger partial charge in [-0.05, 0) is 54.8 Å². The van der Waals surface area contributed by atoms with E-state index < -0.39 is 0 Å². The summed E-state index contributed by atoms with van der Waals surface area (Å²) in [4.78, 5) is 27.7. The van der Waals surface area contributed by atoms with Gasteiger partial charge in [0, 0.05) is 17.6 Å². The Morgan fingerprint density at radius 2 is 1.57 bits per heavy atom. The summed E-state index contributed by atoms with van der Waals surface area (Å²) in [5, 5.41) is 5.98. The highest BCUT2D eigenvalue weighted by Crippen LogP contribution is 2.25. The van der Waals surface area contributed by atoms with Crippen molar-refractivity contribution in [2.45, 2.75) is 4.90 Å². The summed E-state index contributed by atoms with van der Waals surface area (Å²) in [6.07, 6.45) is 1.94. The first kappa shape index (κ1) is 21.4. The number of benzene rings is 3. The minimum Gasteiger partial charge on any atom is -0.355 e. The zero-order chi connectivity index (χ0) is 21.5. The van der Waals surface area contributed by atoms with Crippen molar-refractivity contribution in [2.75, 3.05) is 30.5 Å². The highest BCUT2D eigenvalue weighted by Gasteiger charge is 2.18. The Balaban J connectivity index is 1.70. The summed E-state index contributed by atoms with van der Waals surface area (Å²) in [6.45, 7) is -0.0908. The number of thioether (sulfide) groups is 1. The van der Waals surface area contributed by atoms with Crippen molar-refractivity contribution in [2.24, 2.45) is 0 Å². The van der Waals surface area contributed by atoms with E-state index in [4.69, 9.17) is 0 Å². The summed E-state index contributed by atoms with van der Waals surface area (Å²) in [6, 6.07) is 20.4. The molecule has 2 N–H and O–H groups in total. The highest BCUT2D eigenvalue weighted by atomic mass is 32.2. The summed E-state index contributed by atoms with van der Waals surface area (Å²) in [5.74, 6) is -0.913. The minimum atomic E-state index is -0.335. The van der Waals surface area contributed by atoms with Gasteiger partial charge in [-0.3, -0.25) is 9.59 Å². The van der Waals surface area contributed by atoms with Crippen LogP contribution in [0.4, 0.5) is 21.5 Å². The number of anilines is 3. The second kappa shape index (κ2) is 9.93. The first-order valence-electron chi connectivity index (χ1n) is 9.28. The lowest BCUT2D eigenvalue weighted by molar-refractivity contribution is -0.116. The monoisotopic (exact) mass is 423 g/mol. The summed E-state index contributed by atoms with van der Waals surface area (Å²) < 4.78 is 13.1. The molecule has 7 heteroatoms. The van der Waals surface area contributed by atoms with E-state index >= 15 is 0 Å². The number of rotatable bonds is 7. The van der Waals surface area contributed by atoms with Crippen LogP contribution in [0.1, 0.15) is 10.4 Å². The summed E-state index contributed by atoms with van der Waals surface area (Å²) in [7, 11) is 1.58. The van der Waals surface area contributed by atoms with Gasteiger partial charge in [-0.2, -0.15) is 0 Å². The van der Waals surface area contributed by atoms with Gasteiger partial charge in [-0.25, -0.2) is 4.39 Å². The highest BCUT2D eigenvalue weighted by molar-refractivity contribution is 7.98. The van der Waals surface area contributed by atoms with Crippen LogP contribution in [0.2, 0.25) is 0 Å². The van der Waals surface area contributed by atoms with E-state index in [1.54, 1.807) is 43.4 Å². The van der Waals surface area contributed by atoms with Crippen LogP contribution >= 0.6 is 11.8 Å². The second-order valence-corrected chi connectivity index (χ2v) is 7.44. The van der Waals surface area contributed by atoms with Crippen molar-refractivity contribution < 1.29 is 14.0 Å². The van der Waals surface area contributed by atoms with Crippen LogP contribution in [0.15, 0.2) is 77.7 Å². The molecule has 0 spiro atoms. The topological polar surface area (TPSA) is 61.4 Å². The lowest BCUT2D eigenvalue weighted by Crippen LogP contribution is -2.35. The normalized spacial score (nSPS) is 10.4. The third-order valence-electron chi connectivity index (χ3n) is 4.39. The Labute approximate surface area is 179 Å². The molecule has 0 radical (unpaired) electrons. The van der Waals surface area contributed by atoms with Crippen LogP contribution in [0.5, 0.6) is 0 Å². The summed E-state index contributed by atoms with van der Waals surface area (Å²) in [5.41, 5.74) is 2.37. The molecule has 0 fully saturated rings. The van der Waals surface area contributed by atoms with E-state index in [9.17, 15) is 14.0 Å². The van der Waals surface area contributed by atoms with E-state index in [1.165, 1.54) is 28.8 Å². The zero-order valence-corrected chi connectivity index (χ0v) is 17.5. The van der Waals surface area contributed by atoms with Gasteiger partial charge in [0.15, 0.2) is 0 Å². The number of carbonyl (C=O) groups excluding carboxylic acids is 2. The van der Waals surface area contributed by atoms with Crippen LogP contribution in [-0.4, -0.2) is 36.6 Å². The van der Waals surface area contributed by atoms with Gasteiger partial charge in [-0.1, -0.05) is 24.3 Å². The number of amides is 2. The molecule has 3 aromatic carbocycles. The molecule has 154 valence electrons. The van der Waals surface area contributed by atoms with Crippen LogP contribution in [0.3, 0.4) is 0 Å². The zero-order valence-electron chi connectivity index (χ0n) is 16.7. The lowest BCUT2D eigenvalue weighted by Gasteiger charge is -2.19. The number of hydrogen-bond donors (Lipinski definition) is 2. The fourth-order valence-corrected chi connectivity index (χ4v) is 3.45. The van der Waals surface area contributed by atoms with Gasteiger partial charge in [0.25, 0.3) is 5.91 Å². The fraction of sp³-hybridized carbons (Fsp3) is 0.130. The number of nitrogens with one attached hydrogen (secondary N) is 2. The van der Waals surface area contributed by atoms with Gasteiger partial charge < -0.3 is 15.5 Å². The van der Waals surface area contributed by atoms with Gasteiger partial charge in [0.1, 0.15) is 5.82 Å². The van der Waals surface area contributed by atoms with Crippen molar-refractivity contribution in [3.63, 3.8) is 0 Å². The molecule has 0 atom stereocenters. The number of para-hydroxylation sites is 2. The predicted molar refractivity (Wildman–Crippen MR) is 120 cm³/mol. The Morgan fingerprint density at radius 1 is 0.933 bits per heavy atom. The smallest absolute Gasteiger partial charge is 0.256 e. The molecule has 0 bridgehead atoms. The predicted octanol–water partition coefficient (Wildman–Crippen LogP) is 5.00. The van der Waals surface area contributed by atoms with Crippen LogP contribution in [0.25, 0.3) is 0 Å². The van der Waals surface area contributed by atoms with Crippen LogP contribution in [-0.2, 0) is 4.79 Å². The molecular weight excluding hydrogens is 401 g/mol. The van der Waals surface area contributed by atoms with Crippen LogP contribution in [0, 0.1) is 5.82 Å². The quantitative estimate of drug-likeness (QED) is 0.525. The van der Waals surface area contributed by atoms with E-state index in [2.05, 4.69) is 10.6 Å². The van der Waals surface area contributed by atoms with E-state index in [-0.39, 0.29) is 24.2 Å². The second-order valence-electron chi connectivity index (χ2n) is 6.59. The lowest BCUT2D eigenvalue weighted by atomic mass is 10.1. The Morgan fingerprint density at radius 3 is 2.27 bits per heavy atom. The van der Waals surface area contributed by atoms with Gasteiger partial charge in [0.2, 0.25) is 5.91 Å². The third-order valence-corrected chi connectivity index (χ3v) is 5.19. The molecule has 2 amide bonds. The molecule has 0 heterocycles. The number of hydrogen-bond acceptors (Lipinski definition) is 4. The number of carbonyl (C=O) groups is 2. The molecule has 3 aromatic rings. The standard InChI is InChI=1S/C23H22FN3O2S/c1-27(15-22(28)26-20-9-5-6-10-21(20)30-2)23(29)18-7-3-4-8-19(18)25-17-13-11-16(24)12-14-17/h3-14,25H,15H2,1-2H3,(H,26,28). The molecule has 0 aliphatic heterocycles. The van der Waals surface area contributed by atoms with Crippen molar-refractivity contribution in [1.29, 1.82) is 0 Å². The molecular formula is C23H22FN3O2S. The van der Waals surface area contributed by atoms with Crippen molar-refractivity contribution in [3.8, 4) is 0 Å². The van der Waals surface area contributed by atoms with Crippen molar-refractivity contribution in [1.82, 2.24) is 4.90 Å². The van der Waals surface area contributed by atoms with Gasteiger partial charge in [0.05, 0.1) is 23.5 Å². The largest absolute Gasteiger partial charge is 0.355 e. The maximum atomic E-state index is 13.1. The first-order valence-corrected chi connectivity index (χ1v) is 10.5. The molecule has 0 unspecified atom stereocenters. The first-order chi connectivity index (χ1) is 14.5. The van der Waals surface area contributed by atoms with E-state index in [0.29, 0.717) is 22.6 Å². The molecule has 0 saturated carbocycles. The average Bonchev–Trinajstić information content (AvgIpc) is 2.75. The van der Waals surface area contributed by atoms with Crippen molar-refractivity contribution >= 4 is 40.6 Å². The van der Waals surface area contributed by atoms with E-state index in [1.807, 2.05) is 30.5 Å². The molecule has 3 rings (SSSR count). The molecule has 0 aliphatic rings. The Kier molecular flexibility index (Phi) is 7.08. The third kappa shape index (κ3) is 5.39. The van der Waals surface area contributed by atoms with Crippen molar-refractivity contribution in [3.05, 3.63) is 84.2 Å². The Bertz CT molecular complexity index is 1040. The number of nitrogens with zero attached hydrogens (tertiary/aromatic N) is 1. The maximum absolute atomic E-state index is 13.1. The minimum absolute atomic E-state index is 0.0908. The maximum Gasteiger partial charge on any atom is 0.256 e. The number of likely N-dealkylation sites (N-methyl/N-ethyl adjacent to an activating group) is 1. The van der Waals surface area contributed by atoms with Crippen LogP contribution < -0.4 is 10.6 Å². The fourth-order valence-electron chi connectivity index (χ4n) is 2.90. The van der Waals surface area contributed by atoms with E-state index in [0.717, 1.165) is 4.90 Å². The number of halogens is 1. The Hall–Kier alpha value is -3.32. The molecule has 5 nitrogen and oxygen atoms in total. The molecule has 0 aromatic heterocycles. The van der Waals surface area contributed by atoms with Gasteiger partial charge >= 0.3 is 0 Å². The molecule has 30 heavy (non-hydrogen) atoms. The van der Waals surface area contributed by atoms with Gasteiger partial charge in [-0.15, -0.1) is 11.8 Å². The molecule has 0 aliphatic carbocycles.